The second-order valence-corrected chi connectivity index (χ2v) is 12.8. The monoisotopic (exact) mass is 621 g/mol. The maximum atomic E-state index is 16.1. The van der Waals surface area contributed by atoms with Crippen LogP contribution in [0.15, 0.2) is 60.7 Å². The molecule has 11 heteroatoms. The average Bonchev–Trinajstić information content (AvgIpc) is 3.69. The number of rotatable bonds is 6. The Morgan fingerprint density at radius 3 is 2.63 bits per heavy atom. The summed E-state index contributed by atoms with van der Waals surface area (Å²) in [5.74, 6) is -1.22. The van der Waals surface area contributed by atoms with Crippen molar-refractivity contribution in [1.29, 1.82) is 0 Å². The predicted molar refractivity (Wildman–Crippen MR) is 162 cm³/mol. The van der Waals surface area contributed by atoms with Gasteiger partial charge >= 0.3 is 0 Å². The molecular formula is C32H30Cl2FN5O3. The van der Waals surface area contributed by atoms with Crippen LogP contribution in [0, 0.1) is 11.7 Å². The van der Waals surface area contributed by atoms with E-state index >= 15 is 4.39 Å². The fourth-order valence-electron chi connectivity index (χ4n) is 7.31. The summed E-state index contributed by atoms with van der Waals surface area (Å²) in [6, 6.07) is 17.0. The number of benzene rings is 3. The van der Waals surface area contributed by atoms with Crippen molar-refractivity contribution < 1.29 is 19.2 Å². The number of likely N-dealkylation sites (tertiary alicyclic amines) is 1. The number of imidazole rings is 1. The van der Waals surface area contributed by atoms with Crippen LogP contribution in [0.5, 0.6) is 0 Å². The molecule has 3 heterocycles. The minimum absolute atomic E-state index is 0.00346. The fraction of sp³-hybridized carbons (Fsp3) is 0.344. The number of aromatic nitrogens is 2. The van der Waals surface area contributed by atoms with Gasteiger partial charge in [-0.1, -0.05) is 41.4 Å². The van der Waals surface area contributed by atoms with Crippen LogP contribution < -0.4 is 10.8 Å². The smallest absolute Gasteiger partial charge is 0.274 e. The van der Waals surface area contributed by atoms with Gasteiger partial charge < -0.3 is 9.88 Å². The molecule has 43 heavy (non-hydrogen) atoms. The Labute approximate surface area is 257 Å². The molecule has 3 N–H and O–H groups in total. The number of anilines is 1. The Hall–Kier alpha value is -3.50. The molecule has 222 valence electrons. The number of hydrogen-bond acceptors (Lipinski definition) is 5. The molecule has 2 aliphatic heterocycles. The second-order valence-electron chi connectivity index (χ2n) is 12.0. The molecular weight excluding hydrogens is 592 g/mol. The average molecular weight is 623 g/mol. The van der Waals surface area contributed by atoms with Crippen LogP contribution >= 0.6 is 23.2 Å². The maximum Gasteiger partial charge on any atom is 0.274 e. The van der Waals surface area contributed by atoms with Gasteiger partial charge in [0.1, 0.15) is 17.2 Å². The quantitative estimate of drug-likeness (QED) is 0.172. The first-order chi connectivity index (χ1) is 20.7. The zero-order chi connectivity index (χ0) is 30.0. The molecule has 0 unspecified atom stereocenters. The highest BCUT2D eigenvalue weighted by molar-refractivity contribution is 6.31. The highest BCUT2D eigenvalue weighted by atomic mass is 35.5. The largest absolute Gasteiger partial charge is 0.328 e. The standard InChI is InChI=1S/C32H30Cl2FN5O3/c1-32(31(42)36-20-5-2-4-19(33)15-20)27(21-6-3-7-22(34)28(21)35)26-25(40(32)16-17-8-9-17)12-13-39-24-11-10-18(30(41)38-43)14-23(24)37-29(26)39/h2-7,10-11,14-15,17,25-27,43H,8-9,12-13,16H2,1H3,(H,36,42)(H,38,41)/t25-,26+,27-,32+/m0/s1. The summed E-state index contributed by atoms with van der Waals surface area (Å²) in [6.07, 6.45) is 2.90. The third-order valence-corrected chi connectivity index (χ3v) is 10.0. The van der Waals surface area contributed by atoms with E-state index in [2.05, 4.69) is 14.8 Å². The Balaban J connectivity index is 1.42. The number of fused-ring (bicyclic) bond motifs is 5. The lowest BCUT2D eigenvalue weighted by Gasteiger charge is -2.40. The van der Waals surface area contributed by atoms with Crippen LogP contribution in [0.2, 0.25) is 10.0 Å². The van der Waals surface area contributed by atoms with Gasteiger partial charge in [-0.25, -0.2) is 14.9 Å². The van der Waals surface area contributed by atoms with Crippen LogP contribution in [-0.4, -0.2) is 49.6 Å². The van der Waals surface area contributed by atoms with Gasteiger partial charge in [0.05, 0.1) is 16.1 Å². The lowest BCUT2D eigenvalue weighted by molar-refractivity contribution is -0.127. The van der Waals surface area contributed by atoms with Crippen molar-refractivity contribution in [2.45, 2.75) is 56.1 Å². The molecule has 7 rings (SSSR count). The van der Waals surface area contributed by atoms with Crippen molar-refractivity contribution in [3.05, 3.63) is 93.5 Å². The molecule has 2 amide bonds. The summed E-state index contributed by atoms with van der Waals surface area (Å²) in [4.78, 5) is 34.0. The molecule has 1 aromatic heterocycles. The normalized spacial score (nSPS) is 24.9. The highest BCUT2D eigenvalue weighted by Crippen LogP contribution is 2.58. The van der Waals surface area contributed by atoms with E-state index in [4.69, 9.17) is 33.4 Å². The summed E-state index contributed by atoms with van der Waals surface area (Å²) < 4.78 is 18.2. The predicted octanol–water partition coefficient (Wildman–Crippen LogP) is 6.36. The number of halogens is 3. The SMILES string of the molecule is C[C@]1(C(=O)Nc2cccc(Cl)c2)[C@@H](c2cccc(Cl)c2F)[C@@H]2c3nc4cc(C(=O)NO)ccc4n3CC[C@@H]2N1CC1CC1. The van der Waals surface area contributed by atoms with Crippen molar-refractivity contribution in [3.63, 3.8) is 0 Å². The molecule has 4 atom stereocenters. The lowest BCUT2D eigenvalue weighted by Crippen LogP contribution is -2.56. The highest BCUT2D eigenvalue weighted by Gasteiger charge is 2.63. The van der Waals surface area contributed by atoms with Gasteiger partial charge in [-0.2, -0.15) is 0 Å². The summed E-state index contributed by atoms with van der Waals surface area (Å²) in [6.45, 7) is 3.27. The first-order valence-corrected chi connectivity index (χ1v) is 15.2. The minimum atomic E-state index is -1.17. The van der Waals surface area contributed by atoms with E-state index in [1.165, 1.54) is 6.07 Å². The van der Waals surface area contributed by atoms with Crippen molar-refractivity contribution in [2.24, 2.45) is 5.92 Å². The van der Waals surface area contributed by atoms with Crippen molar-refractivity contribution in [2.75, 3.05) is 11.9 Å². The fourth-order valence-corrected chi connectivity index (χ4v) is 7.68. The van der Waals surface area contributed by atoms with E-state index in [-0.39, 0.29) is 28.5 Å². The topological polar surface area (TPSA) is 99.5 Å². The first kappa shape index (κ1) is 28.3. The minimum Gasteiger partial charge on any atom is -0.328 e. The number of carbonyl (C=O) groups excluding carboxylic acids is 2. The zero-order valence-corrected chi connectivity index (χ0v) is 24.9. The maximum absolute atomic E-state index is 16.1. The summed E-state index contributed by atoms with van der Waals surface area (Å²) >= 11 is 12.6. The van der Waals surface area contributed by atoms with E-state index in [1.54, 1.807) is 54.0 Å². The third kappa shape index (κ3) is 4.61. The molecule has 2 fully saturated rings. The lowest BCUT2D eigenvalue weighted by atomic mass is 9.73. The van der Waals surface area contributed by atoms with Gasteiger partial charge in [0.25, 0.3) is 5.91 Å². The molecule has 0 bridgehead atoms. The second kappa shape index (κ2) is 10.6. The van der Waals surface area contributed by atoms with Crippen molar-refractivity contribution in [3.8, 4) is 0 Å². The number of hydroxylamine groups is 1. The number of nitrogens with zero attached hydrogens (tertiary/aromatic N) is 3. The van der Waals surface area contributed by atoms with E-state index in [9.17, 15) is 9.59 Å². The van der Waals surface area contributed by atoms with Gasteiger partial charge in [0.15, 0.2) is 0 Å². The van der Waals surface area contributed by atoms with Gasteiger partial charge in [-0.15, -0.1) is 0 Å². The van der Waals surface area contributed by atoms with Gasteiger partial charge in [0.2, 0.25) is 5.91 Å². The van der Waals surface area contributed by atoms with Crippen LogP contribution in [0.3, 0.4) is 0 Å². The third-order valence-electron chi connectivity index (χ3n) is 9.47. The Kier molecular flexibility index (Phi) is 6.97. The molecule has 1 saturated carbocycles. The number of amides is 2. The number of nitrogens with one attached hydrogen (secondary N) is 2. The van der Waals surface area contributed by atoms with Crippen LogP contribution in [0.1, 0.15) is 59.8 Å². The van der Waals surface area contributed by atoms with Gasteiger partial charge in [0, 0.05) is 47.2 Å². The summed E-state index contributed by atoms with van der Waals surface area (Å²) in [5, 5.41) is 12.8. The Morgan fingerprint density at radius 1 is 1.09 bits per heavy atom. The summed E-state index contributed by atoms with van der Waals surface area (Å²) in [5.41, 5.74) is 3.13. The van der Waals surface area contributed by atoms with Gasteiger partial charge in [-0.05, 0) is 80.1 Å². The van der Waals surface area contributed by atoms with Crippen LogP contribution in [0.4, 0.5) is 10.1 Å². The van der Waals surface area contributed by atoms with E-state index < -0.39 is 23.2 Å². The van der Waals surface area contributed by atoms with E-state index in [0.29, 0.717) is 40.8 Å². The zero-order valence-electron chi connectivity index (χ0n) is 23.4. The molecule has 1 saturated heterocycles. The number of aryl methyl sites for hydroxylation is 1. The molecule has 8 nitrogen and oxygen atoms in total. The molecule has 3 aromatic carbocycles. The van der Waals surface area contributed by atoms with Crippen molar-refractivity contribution >= 4 is 51.7 Å². The summed E-state index contributed by atoms with van der Waals surface area (Å²) in [7, 11) is 0. The van der Waals surface area contributed by atoms with Crippen LogP contribution in [0.25, 0.3) is 11.0 Å². The molecule has 0 radical (unpaired) electrons. The molecule has 3 aliphatic rings. The van der Waals surface area contributed by atoms with E-state index in [1.807, 2.05) is 13.0 Å². The molecule has 4 aromatic rings. The van der Waals surface area contributed by atoms with E-state index in [0.717, 1.165) is 30.6 Å². The Morgan fingerprint density at radius 2 is 1.88 bits per heavy atom. The molecule has 1 aliphatic carbocycles. The van der Waals surface area contributed by atoms with Gasteiger partial charge in [-0.3, -0.25) is 19.7 Å². The number of carbonyl (C=O) groups is 2. The van der Waals surface area contributed by atoms with Crippen LogP contribution in [-0.2, 0) is 11.3 Å². The van der Waals surface area contributed by atoms with Crippen molar-refractivity contribution in [1.82, 2.24) is 19.9 Å². The Bertz CT molecular complexity index is 1780. The molecule has 0 spiro atoms. The first-order valence-electron chi connectivity index (χ1n) is 14.4. The number of hydrogen-bond donors (Lipinski definition) is 3.